The van der Waals surface area contributed by atoms with Gasteiger partial charge in [-0.2, -0.15) is 0 Å². The van der Waals surface area contributed by atoms with Gasteiger partial charge in [0.05, 0.1) is 11.0 Å². The number of benzene rings is 2. The summed E-state index contributed by atoms with van der Waals surface area (Å²) in [5.74, 6) is -0.161. The van der Waals surface area contributed by atoms with Crippen molar-refractivity contribution in [2.24, 2.45) is 0 Å². The normalized spacial score (nSPS) is 10.2. The molecule has 0 amide bonds. The molecule has 0 radical (unpaired) electrons. The van der Waals surface area contributed by atoms with Crippen molar-refractivity contribution in [1.29, 1.82) is 0 Å². The minimum Gasteiger partial charge on any atom is -0.871 e. The Morgan fingerprint density at radius 1 is 0.630 bits per heavy atom. The zero-order chi connectivity index (χ0) is 18.8. The van der Waals surface area contributed by atoms with E-state index in [1.165, 1.54) is 12.1 Å². The summed E-state index contributed by atoms with van der Waals surface area (Å²) in [4.78, 5) is 8.28. The third-order valence-corrected chi connectivity index (χ3v) is 4.47. The molecule has 0 fully saturated rings. The summed E-state index contributed by atoms with van der Waals surface area (Å²) in [7, 11) is 0. The van der Waals surface area contributed by atoms with E-state index in [0.717, 1.165) is 22.2 Å². The van der Waals surface area contributed by atoms with Gasteiger partial charge in [0.2, 0.25) is 0 Å². The van der Waals surface area contributed by atoms with Gasteiger partial charge in [0.25, 0.3) is 0 Å². The molecular weight excluding hydrogens is 380 g/mol. The Morgan fingerprint density at radius 2 is 1.00 bits per heavy atom. The molecule has 0 aliphatic heterocycles. The van der Waals surface area contributed by atoms with Gasteiger partial charge in [-0.25, -0.2) is 0 Å². The van der Waals surface area contributed by atoms with E-state index in [2.05, 4.69) is 9.97 Å². The number of halogens is 2. The Bertz CT molecular complexity index is 1030. The van der Waals surface area contributed by atoms with E-state index < -0.39 is 0 Å². The number of nitrogens with zero attached hydrogens (tertiary/aromatic N) is 2. The second-order valence-electron chi connectivity index (χ2n) is 5.79. The third kappa shape index (κ3) is 4.48. The molecule has 0 unspecified atom stereocenters. The molecule has 0 saturated heterocycles. The fourth-order valence-electron chi connectivity index (χ4n) is 2.51. The summed E-state index contributed by atoms with van der Waals surface area (Å²) in [5.41, 5.74) is 2.55. The van der Waals surface area contributed by atoms with Crippen LogP contribution in [0.2, 0.25) is 10.0 Å². The molecule has 132 valence electrons. The number of pyridine rings is 2. The Morgan fingerprint density at radius 3 is 1.37 bits per heavy atom. The molecular formula is C20H14BeCl2N2O2. The number of fused-ring (bicyclic) bond motifs is 2. The van der Waals surface area contributed by atoms with Gasteiger partial charge in [-0.3, -0.25) is 9.97 Å². The second-order valence-corrected chi connectivity index (χ2v) is 6.60. The summed E-state index contributed by atoms with van der Waals surface area (Å²) in [6.07, 6.45) is 0. The summed E-state index contributed by atoms with van der Waals surface area (Å²) in [6.45, 7) is 3.69. The van der Waals surface area contributed by atoms with Crippen LogP contribution in [0.3, 0.4) is 0 Å². The minimum absolute atomic E-state index is 0. The van der Waals surface area contributed by atoms with Crippen molar-refractivity contribution in [3.8, 4) is 11.5 Å². The Kier molecular flexibility index (Phi) is 6.61. The molecule has 0 saturated carbocycles. The van der Waals surface area contributed by atoms with Crippen molar-refractivity contribution in [3.63, 3.8) is 0 Å². The quantitative estimate of drug-likeness (QED) is 0.420. The van der Waals surface area contributed by atoms with E-state index in [4.69, 9.17) is 23.2 Å². The first-order chi connectivity index (χ1) is 12.4. The van der Waals surface area contributed by atoms with Gasteiger partial charge in [0, 0.05) is 32.2 Å². The molecule has 2 heterocycles. The molecule has 4 nitrogen and oxygen atoms in total. The molecule has 4 aromatic rings. The van der Waals surface area contributed by atoms with Gasteiger partial charge in [-0.15, -0.1) is 0 Å². The molecule has 2 aromatic carbocycles. The number of aryl methyl sites for hydroxylation is 2. The Hall–Kier alpha value is -2.39. The van der Waals surface area contributed by atoms with Crippen LogP contribution in [0.5, 0.6) is 11.5 Å². The first kappa shape index (κ1) is 20.9. The molecule has 0 aliphatic carbocycles. The van der Waals surface area contributed by atoms with Crippen LogP contribution in [0, 0.1) is 13.8 Å². The summed E-state index contributed by atoms with van der Waals surface area (Å²) in [6, 6.07) is 13.4. The van der Waals surface area contributed by atoms with Crippen molar-refractivity contribution in [3.05, 3.63) is 70.0 Å². The minimum atomic E-state index is -0.0805. The number of hydrogen-bond acceptors (Lipinski definition) is 4. The maximum absolute atomic E-state index is 11.4. The van der Waals surface area contributed by atoms with Crippen LogP contribution in [-0.2, 0) is 0 Å². The van der Waals surface area contributed by atoms with Crippen LogP contribution in [-0.4, -0.2) is 20.1 Å². The zero-order valence-electron chi connectivity index (χ0n) is 14.8. The number of aromatic nitrogens is 2. The predicted octanol–water partition coefficient (Wildman–Crippen LogP) is 4.16. The van der Waals surface area contributed by atoms with Crippen LogP contribution in [0.15, 0.2) is 48.5 Å². The van der Waals surface area contributed by atoms with Crippen LogP contribution < -0.4 is 10.2 Å². The van der Waals surface area contributed by atoms with Crippen LogP contribution in [0.4, 0.5) is 0 Å². The van der Waals surface area contributed by atoms with Crippen molar-refractivity contribution >= 4 is 55.1 Å². The van der Waals surface area contributed by atoms with E-state index in [-0.39, 0.29) is 21.6 Å². The maximum atomic E-state index is 11.4. The van der Waals surface area contributed by atoms with E-state index in [0.29, 0.717) is 21.1 Å². The standard InChI is InChI=1S/2C10H8ClNO.Be/c2*1-6-2-3-7-8(11)4-5-9(13)10(7)12-6;/h2*2-5,13H,1H3;/q;;+2/p-2. The van der Waals surface area contributed by atoms with E-state index in [1.54, 1.807) is 12.1 Å². The van der Waals surface area contributed by atoms with Gasteiger partial charge in [0.1, 0.15) is 0 Å². The van der Waals surface area contributed by atoms with Gasteiger partial charge in [-0.05, 0) is 50.2 Å². The Labute approximate surface area is 170 Å². The molecule has 0 bridgehead atoms. The first-order valence-corrected chi connectivity index (χ1v) is 8.58. The average molecular weight is 394 g/mol. The van der Waals surface area contributed by atoms with E-state index in [1.807, 2.05) is 38.1 Å². The van der Waals surface area contributed by atoms with E-state index >= 15 is 0 Å². The van der Waals surface area contributed by atoms with Crippen molar-refractivity contribution in [2.75, 3.05) is 0 Å². The molecule has 7 heteroatoms. The molecule has 2 aromatic heterocycles. The molecule has 27 heavy (non-hydrogen) atoms. The van der Waals surface area contributed by atoms with Gasteiger partial charge in [0.15, 0.2) is 0 Å². The van der Waals surface area contributed by atoms with Gasteiger partial charge in [-0.1, -0.05) is 46.8 Å². The van der Waals surface area contributed by atoms with Crippen LogP contribution >= 0.6 is 23.2 Å². The van der Waals surface area contributed by atoms with Crippen molar-refractivity contribution in [1.82, 2.24) is 9.97 Å². The summed E-state index contributed by atoms with van der Waals surface area (Å²) >= 11 is 11.8. The summed E-state index contributed by atoms with van der Waals surface area (Å²) in [5, 5.41) is 25.3. The van der Waals surface area contributed by atoms with Gasteiger partial charge < -0.3 is 10.2 Å². The average Bonchev–Trinajstić information content (AvgIpc) is 2.62. The number of hydrogen-bond donors (Lipinski definition) is 0. The molecule has 0 aliphatic rings. The predicted molar refractivity (Wildman–Crippen MR) is 108 cm³/mol. The maximum Gasteiger partial charge on any atom is 2.00 e. The Balaban J connectivity index is 0.000000187. The fourth-order valence-corrected chi connectivity index (χ4v) is 2.94. The number of rotatable bonds is 0. The smallest absolute Gasteiger partial charge is 0.871 e. The fraction of sp³-hybridized carbons (Fsp3) is 0.100. The first-order valence-electron chi connectivity index (χ1n) is 7.82. The largest absolute Gasteiger partial charge is 2.00 e. The topological polar surface area (TPSA) is 71.9 Å². The van der Waals surface area contributed by atoms with E-state index in [9.17, 15) is 10.2 Å². The molecule has 4 rings (SSSR count). The van der Waals surface area contributed by atoms with Crippen LogP contribution in [0.1, 0.15) is 11.4 Å². The molecule has 0 atom stereocenters. The zero-order valence-corrected chi connectivity index (χ0v) is 16.3. The third-order valence-electron chi connectivity index (χ3n) is 3.81. The van der Waals surface area contributed by atoms with Crippen LogP contribution in [0.25, 0.3) is 21.8 Å². The monoisotopic (exact) mass is 393 g/mol. The molecule has 0 N–H and O–H groups in total. The van der Waals surface area contributed by atoms with Gasteiger partial charge >= 0.3 is 10.1 Å². The summed E-state index contributed by atoms with van der Waals surface area (Å²) < 4.78 is 0. The second kappa shape index (κ2) is 8.53. The van der Waals surface area contributed by atoms with Crippen molar-refractivity contribution < 1.29 is 10.2 Å². The van der Waals surface area contributed by atoms with Crippen molar-refractivity contribution in [2.45, 2.75) is 13.8 Å². The molecule has 0 spiro atoms. The SMILES string of the molecule is Cc1ccc2c(Cl)ccc([O-])c2n1.Cc1ccc2c(Cl)ccc([O-])c2n1.[Be+2].